The molecule has 0 amide bonds. The van der Waals surface area contributed by atoms with E-state index in [2.05, 4.69) is 23.6 Å². The van der Waals surface area contributed by atoms with E-state index in [0.717, 1.165) is 11.8 Å². The standard InChI is InChI=1S/C14H28N2/c1-13(2)11-16-9-5-14(6-10-16)12-15-7-3-4-8-15/h13-14H,3-12H2,1-2H3. The van der Waals surface area contributed by atoms with E-state index in [0.29, 0.717) is 0 Å². The SMILES string of the molecule is CC(C)CN1CCC(CN2CCCC2)CC1. The predicted octanol–water partition coefficient (Wildman–Crippen LogP) is 2.45. The fourth-order valence-electron chi connectivity index (χ4n) is 3.20. The highest BCUT2D eigenvalue weighted by Crippen LogP contribution is 2.21. The van der Waals surface area contributed by atoms with E-state index < -0.39 is 0 Å². The summed E-state index contributed by atoms with van der Waals surface area (Å²) in [5.74, 6) is 1.82. The van der Waals surface area contributed by atoms with Crippen molar-refractivity contribution in [2.45, 2.75) is 39.5 Å². The lowest BCUT2D eigenvalue weighted by Gasteiger charge is -2.34. The van der Waals surface area contributed by atoms with E-state index in [9.17, 15) is 0 Å². The van der Waals surface area contributed by atoms with Gasteiger partial charge in [0, 0.05) is 13.1 Å². The van der Waals surface area contributed by atoms with Gasteiger partial charge in [-0.15, -0.1) is 0 Å². The second kappa shape index (κ2) is 6.02. The Kier molecular flexibility index (Phi) is 4.66. The van der Waals surface area contributed by atoms with Gasteiger partial charge in [0.1, 0.15) is 0 Å². The van der Waals surface area contributed by atoms with Crippen molar-refractivity contribution in [2.75, 3.05) is 39.3 Å². The second-order valence-corrected chi connectivity index (χ2v) is 6.15. The van der Waals surface area contributed by atoms with Crippen LogP contribution in [-0.2, 0) is 0 Å². The Labute approximate surface area is 101 Å². The molecular weight excluding hydrogens is 196 g/mol. The largest absolute Gasteiger partial charge is 0.303 e. The van der Waals surface area contributed by atoms with Gasteiger partial charge < -0.3 is 9.80 Å². The average Bonchev–Trinajstić information content (AvgIpc) is 2.73. The minimum absolute atomic E-state index is 0.829. The maximum absolute atomic E-state index is 2.68. The maximum Gasteiger partial charge on any atom is 0.00106 e. The summed E-state index contributed by atoms with van der Waals surface area (Å²) >= 11 is 0. The highest BCUT2D eigenvalue weighted by atomic mass is 15.2. The molecule has 2 heteroatoms. The molecule has 0 aromatic heterocycles. The van der Waals surface area contributed by atoms with Crippen molar-refractivity contribution < 1.29 is 0 Å². The third-order valence-corrected chi connectivity index (χ3v) is 4.05. The summed E-state index contributed by atoms with van der Waals surface area (Å²) in [6.07, 6.45) is 5.74. The molecule has 2 aliphatic heterocycles. The zero-order valence-electron chi connectivity index (χ0n) is 11.1. The van der Waals surface area contributed by atoms with Crippen LogP contribution in [-0.4, -0.2) is 49.1 Å². The van der Waals surface area contributed by atoms with Crippen LogP contribution in [0.1, 0.15) is 39.5 Å². The van der Waals surface area contributed by atoms with Crippen LogP contribution in [0.4, 0.5) is 0 Å². The molecule has 2 aliphatic rings. The Morgan fingerprint density at radius 3 is 2.12 bits per heavy atom. The third kappa shape index (κ3) is 3.74. The first kappa shape index (κ1) is 12.4. The first-order valence-electron chi connectivity index (χ1n) is 7.19. The van der Waals surface area contributed by atoms with Crippen LogP contribution < -0.4 is 0 Å². The molecule has 2 fully saturated rings. The highest BCUT2D eigenvalue weighted by Gasteiger charge is 2.22. The van der Waals surface area contributed by atoms with Gasteiger partial charge in [-0.3, -0.25) is 0 Å². The van der Waals surface area contributed by atoms with Gasteiger partial charge in [0.15, 0.2) is 0 Å². The zero-order valence-corrected chi connectivity index (χ0v) is 11.1. The van der Waals surface area contributed by atoms with Crippen LogP contribution in [0.15, 0.2) is 0 Å². The number of rotatable bonds is 4. The smallest absolute Gasteiger partial charge is 0.00106 e. The molecule has 0 bridgehead atoms. The van der Waals surface area contributed by atoms with Crippen LogP contribution in [0, 0.1) is 11.8 Å². The highest BCUT2D eigenvalue weighted by molar-refractivity contribution is 4.77. The van der Waals surface area contributed by atoms with Crippen LogP contribution in [0.25, 0.3) is 0 Å². The van der Waals surface area contributed by atoms with Crippen LogP contribution in [0.3, 0.4) is 0 Å². The molecule has 2 rings (SSSR count). The van der Waals surface area contributed by atoms with Gasteiger partial charge in [-0.1, -0.05) is 13.8 Å². The van der Waals surface area contributed by atoms with Gasteiger partial charge in [0.05, 0.1) is 0 Å². The van der Waals surface area contributed by atoms with Crippen molar-refractivity contribution in [3.8, 4) is 0 Å². The molecule has 0 N–H and O–H groups in total. The lowest BCUT2D eigenvalue weighted by Crippen LogP contribution is -2.39. The molecule has 2 saturated heterocycles. The molecule has 0 aromatic rings. The number of nitrogens with zero attached hydrogens (tertiary/aromatic N) is 2. The summed E-state index contributed by atoms with van der Waals surface area (Å²) < 4.78 is 0. The quantitative estimate of drug-likeness (QED) is 0.724. The Morgan fingerprint density at radius 1 is 0.938 bits per heavy atom. The van der Waals surface area contributed by atoms with E-state index in [1.807, 2.05) is 0 Å². The fraction of sp³-hybridized carbons (Fsp3) is 1.00. The second-order valence-electron chi connectivity index (χ2n) is 6.15. The third-order valence-electron chi connectivity index (χ3n) is 4.05. The normalized spacial score (nSPS) is 25.7. The van der Waals surface area contributed by atoms with Crippen molar-refractivity contribution in [2.24, 2.45) is 11.8 Å². The molecule has 2 heterocycles. The Hall–Kier alpha value is -0.0800. The molecule has 2 nitrogen and oxygen atoms in total. The summed E-state index contributed by atoms with van der Waals surface area (Å²) in [5.41, 5.74) is 0. The predicted molar refractivity (Wildman–Crippen MR) is 69.7 cm³/mol. The summed E-state index contributed by atoms with van der Waals surface area (Å²) in [6.45, 7) is 12.8. The van der Waals surface area contributed by atoms with Crippen molar-refractivity contribution in [3.63, 3.8) is 0 Å². The van der Waals surface area contributed by atoms with Gasteiger partial charge in [0.25, 0.3) is 0 Å². The minimum atomic E-state index is 0.829. The first-order valence-corrected chi connectivity index (χ1v) is 7.19. The van der Waals surface area contributed by atoms with E-state index in [4.69, 9.17) is 0 Å². The molecule has 0 spiro atoms. The summed E-state index contributed by atoms with van der Waals surface area (Å²) in [5, 5.41) is 0. The molecule has 0 atom stereocenters. The topological polar surface area (TPSA) is 6.48 Å². The number of hydrogen-bond donors (Lipinski definition) is 0. The van der Waals surface area contributed by atoms with Gasteiger partial charge in [-0.2, -0.15) is 0 Å². The molecule has 0 unspecified atom stereocenters. The van der Waals surface area contributed by atoms with Crippen LogP contribution in [0.2, 0.25) is 0 Å². The van der Waals surface area contributed by atoms with Crippen molar-refractivity contribution in [1.82, 2.24) is 9.80 Å². The van der Waals surface area contributed by atoms with Crippen molar-refractivity contribution >= 4 is 0 Å². The van der Waals surface area contributed by atoms with E-state index >= 15 is 0 Å². The van der Waals surface area contributed by atoms with E-state index in [1.165, 1.54) is 65.0 Å². The Morgan fingerprint density at radius 2 is 1.56 bits per heavy atom. The lowest BCUT2D eigenvalue weighted by molar-refractivity contribution is 0.143. The zero-order chi connectivity index (χ0) is 11.4. The molecule has 94 valence electrons. The van der Waals surface area contributed by atoms with Crippen LogP contribution in [0.5, 0.6) is 0 Å². The van der Waals surface area contributed by atoms with Crippen LogP contribution >= 0.6 is 0 Å². The Bertz CT molecular complexity index is 189. The monoisotopic (exact) mass is 224 g/mol. The Balaban J connectivity index is 1.64. The van der Waals surface area contributed by atoms with E-state index in [-0.39, 0.29) is 0 Å². The fourth-order valence-corrected chi connectivity index (χ4v) is 3.20. The molecule has 0 aliphatic carbocycles. The molecule has 0 aromatic carbocycles. The number of hydrogen-bond acceptors (Lipinski definition) is 2. The summed E-state index contributed by atoms with van der Waals surface area (Å²) in [4.78, 5) is 5.34. The van der Waals surface area contributed by atoms with Gasteiger partial charge in [-0.25, -0.2) is 0 Å². The molecule has 0 saturated carbocycles. The van der Waals surface area contributed by atoms with Gasteiger partial charge >= 0.3 is 0 Å². The maximum atomic E-state index is 2.68. The molecular formula is C14H28N2. The number of likely N-dealkylation sites (tertiary alicyclic amines) is 2. The molecule has 0 radical (unpaired) electrons. The van der Waals surface area contributed by atoms with E-state index in [1.54, 1.807) is 0 Å². The van der Waals surface area contributed by atoms with Crippen molar-refractivity contribution in [3.05, 3.63) is 0 Å². The first-order chi connectivity index (χ1) is 7.74. The van der Waals surface area contributed by atoms with Gasteiger partial charge in [-0.05, 0) is 63.7 Å². The summed E-state index contributed by atoms with van der Waals surface area (Å²) in [7, 11) is 0. The lowest BCUT2D eigenvalue weighted by atomic mass is 9.95. The van der Waals surface area contributed by atoms with Gasteiger partial charge in [0.2, 0.25) is 0 Å². The average molecular weight is 224 g/mol. The molecule has 16 heavy (non-hydrogen) atoms. The summed E-state index contributed by atoms with van der Waals surface area (Å²) in [6, 6.07) is 0. The minimum Gasteiger partial charge on any atom is -0.303 e. The van der Waals surface area contributed by atoms with Crippen molar-refractivity contribution in [1.29, 1.82) is 0 Å². The number of piperidine rings is 1.